The van der Waals surface area contributed by atoms with Gasteiger partial charge in [-0.25, -0.2) is 0 Å². The van der Waals surface area contributed by atoms with Crippen LogP contribution in [-0.2, 0) is 6.18 Å². The summed E-state index contributed by atoms with van der Waals surface area (Å²) in [6.07, 6.45) is -2.67. The van der Waals surface area contributed by atoms with Crippen LogP contribution in [0.5, 0.6) is 0 Å². The van der Waals surface area contributed by atoms with Gasteiger partial charge in [-0.3, -0.25) is 9.78 Å². The van der Waals surface area contributed by atoms with Crippen molar-refractivity contribution in [2.45, 2.75) is 20.0 Å². The highest BCUT2D eigenvalue weighted by Crippen LogP contribution is 2.32. The summed E-state index contributed by atoms with van der Waals surface area (Å²) in [6.45, 7) is 3.55. The van der Waals surface area contributed by atoms with Crippen LogP contribution in [0, 0.1) is 13.8 Å². The summed E-state index contributed by atoms with van der Waals surface area (Å²) in [5, 5.41) is 2.53. The summed E-state index contributed by atoms with van der Waals surface area (Å²) in [5.41, 5.74) is 0.579. The Morgan fingerprint density at radius 2 is 1.76 bits per heavy atom. The third-order valence-electron chi connectivity index (χ3n) is 3.09. The molecule has 0 atom stereocenters. The van der Waals surface area contributed by atoms with Gasteiger partial charge in [0.1, 0.15) is 0 Å². The van der Waals surface area contributed by atoms with Crippen LogP contribution < -0.4 is 5.32 Å². The molecule has 3 nitrogen and oxygen atoms in total. The molecule has 0 fully saturated rings. The number of alkyl halides is 3. The van der Waals surface area contributed by atoms with Gasteiger partial charge in [-0.2, -0.15) is 13.2 Å². The average Bonchev–Trinajstić information content (AvgIpc) is 2.42. The quantitative estimate of drug-likeness (QED) is 0.910. The number of para-hydroxylation sites is 1. The zero-order valence-electron chi connectivity index (χ0n) is 11.5. The Labute approximate surface area is 119 Å². The first-order valence-electron chi connectivity index (χ1n) is 6.19. The number of rotatable bonds is 2. The Kier molecular flexibility index (Phi) is 3.97. The van der Waals surface area contributed by atoms with E-state index in [2.05, 4.69) is 10.3 Å². The number of amides is 1. The van der Waals surface area contributed by atoms with Crippen molar-refractivity contribution < 1.29 is 18.0 Å². The third kappa shape index (κ3) is 3.21. The largest absolute Gasteiger partial charge is 0.417 e. The molecule has 0 saturated carbocycles. The second kappa shape index (κ2) is 5.55. The van der Waals surface area contributed by atoms with E-state index < -0.39 is 23.2 Å². The molecule has 0 aliphatic heterocycles. The number of carbonyl (C=O) groups excluding carboxylic acids is 1. The van der Waals surface area contributed by atoms with Crippen LogP contribution in [0.4, 0.5) is 18.9 Å². The van der Waals surface area contributed by atoms with Crippen molar-refractivity contribution in [3.63, 3.8) is 0 Å². The summed E-state index contributed by atoms with van der Waals surface area (Å²) in [4.78, 5) is 15.7. The molecule has 1 aromatic heterocycles. The monoisotopic (exact) mass is 294 g/mol. The van der Waals surface area contributed by atoms with Gasteiger partial charge >= 0.3 is 6.18 Å². The molecule has 2 aromatic rings. The van der Waals surface area contributed by atoms with Gasteiger partial charge < -0.3 is 5.32 Å². The molecule has 0 spiro atoms. The number of nitrogens with one attached hydrogen (secondary N) is 1. The van der Waals surface area contributed by atoms with Crippen molar-refractivity contribution >= 4 is 11.6 Å². The van der Waals surface area contributed by atoms with Crippen LogP contribution >= 0.6 is 0 Å². The number of nitrogens with zero attached hydrogens (tertiary/aromatic N) is 1. The number of carbonyl (C=O) groups is 1. The fourth-order valence-electron chi connectivity index (χ4n) is 2.02. The summed E-state index contributed by atoms with van der Waals surface area (Å²) in [5.74, 6) is -0.826. The second-order valence-corrected chi connectivity index (χ2v) is 4.64. The number of benzene rings is 1. The molecule has 0 bridgehead atoms. The average molecular weight is 294 g/mol. The molecule has 0 aliphatic carbocycles. The molecule has 21 heavy (non-hydrogen) atoms. The van der Waals surface area contributed by atoms with Gasteiger partial charge in [0.05, 0.1) is 11.1 Å². The highest BCUT2D eigenvalue weighted by atomic mass is 19.4. The number of halogens is 3. The molecule has 0 aliphatic rings. The maximum absolute atomic E-state index is 12.9. The molecule has 1 amide bonds. The van der Waals surface area contributed by atoms with Crippen molar-refractivity contribution in [1.29, 1.82) is 0 Å². The molecule has 110 valence electrons. The topological polar surface area (TPSA) is 42.0 Å². The van der Waals surface area contributed by atoms with E-state index in [1.807, 2.05) is 6.07 Å². The highest BCUT2D eigenvalue weighted by molar-refractivity contribution is 6.06. The van der Waals surface area contributed by atoms with Gasteiger partial charge in [-0.05, 0) is 31.0 Å². The van der Waals surface area contributed by atoms with Gasteiger partial charge in [-0.1, -0.05) is 18.2 Å². The Morgan fingerprint density at radius 1 is 1.14 bits per heavy atom. The van der Waals surface area contributed by atoms with Gasteiger partial charge in [0, 0.05) is 18.1 Å². The highest BCUT2D eigenvalue weighted by Gasteiger charge is 2.35. The Bertz CT molecular complexity index is 661. The van der Waals surface area contributed by atoms with E-state index in [4.69, 9.17) is 0 Å². The van der Waals surface area contributed by atoms with E-state index in [1.165, 1.54) is 0 Å². The van der Waals surface area contributed by atoms with E-state index in [-0.39, 0.29) is 0 Å². The number of anilines is 1. The van der Waals surface area contributed by atoms with Crippen LogP contribution in [0.3, 0.4) is 0 Å². The second-order valence-electron chi connectivity index (χ2n) is 4.64. The molecule has 1 heterocycles. The molecule has 6 heteroatoms. The molecule has 1 aromatic carbocycles. The van der Waals surface area contributed by atoms with E-state index in [0.29, 0.717) is 5.69 Å². The summed E-state index contributed by atoms with van der Waals surface area (Å²) >= 11 is 0. The van der Waals surface area contributed by atoms with E-state index >= 15 is 0 Å². The number of hydrogen-bond acceptors (Lipinski definition) is 2. The molecule has 0 unspecified atom stereocenters. The summed E-state index contributed by atoms with van der Waals surface area (Å²) < 4.78 is 38.7. The normalized spacial score (nSPS) is 11.3. The van der Waals surface area contributed by atoms with Crippen molar-refractivity contribution in [2.24, 2.45) is 0 Å². The van der Waals surface area contributed by atoms with Gasteiger partial charge in [0.2, 0.25) is 0 Å². The minimum Gasteiger partial charge on any atom is -0.321 e. The Hall–Kier alpha value is -2.37. The van der Waals surface area contributed by atoms with Crippen LogP contribution in [0.2, 0.25) is 0 Å². The van der Waals surface area contributed by atoms with Crippen LogP contribution in [0.15, 0.2) is 36.7 Å². The third-order valence-corrected chi connectivity index (χ3v) is 3.09. The Balaban J connectivity index is 2.38. The maximum atomic E-state index is 12.9. The zero-order valence-corrected chi connectivity index (χ0v) is 11.5. The molecule has 2 rings (SSSR count). The maximum Gasteiger partial charge on any atom is 0.417 e. The molecule has 0 saturated heterocycles. The van der Waals surface area contributed by atoms with E-state index in [0.717, 1.165) is 29.6 Å². The molecular weight excluding hydrogens is 281 g/mol. The minimum absolute atomic E-state index is 0.493. The van der Waals surface area contributed by atoms with Crippen molar-refractivity contribution in [2.75, 3.05) is 5.32 Å². The first kappa shape index (κ1) is 15.0. The first-order chi connectivity index (χ1) is 9.80. The van der Waals surface area contributed by atoms with Crippen LogP contribution in [-0.4, -0.2) is 10.9 Å². The lowest BCUT2D eigenvalue weighted by Crippen LogP contribution is -2.19. The first-order valence-corrected chi connectivity index (χ1v) is 6.19. The van der Waals surface area contributed by atoms with Crippen molar-refractivity contribution in [1.82, 2.24) is 4.98 Å². The number of aryl methyl sites for hydroxylation is 2. The summed E-state index contributed by atoms with van der Waals surface area (Å²) in [7, 11) is 0. The SMILES string of the molecule is Cc1cccc(C)c1NC(=O)c1cnccc1C(F)(F)F. The lowest BCUT2D eigenvalue weighted by molar-refractivity contribution is -0.137. The lowest BCUT2D eigenvalue weighted by Gasteiger charge is -2.14. The predicted octanol–water partition coefficient (Wildman–Crippen LogP) is 3.97. The van der Waals surface area contributed by atoms with E-state index in [1.54, 1.807) is 26.0 Å². The van der Waals surface area contributed by atoms with Gasteiger partial charge in [0.15, 0.2) is 0 Å². The minimum atomic E-state index is -4.60. The number of pyridine rings is 1. The zero-order chi connectivity index (χ0) is 15.6. The van der Waals surface area contributed by atoms with Crippen molar-refractivity contribution in [3.05, 3.63) is 58.9 Å². The van der Waals surface area contributed by atoms with Crippen LogP contribution in [0.25, 0.3) is 0 Å². The standard InChI is InChI=1S/C15H13F3N2O/c1-9-4-3-5-10(2)13(9)20-14(21)11-8-19-7-6-12(11)15(16,17)18/h3-8H,1-2H3,(H,20,21). The van der Waals surface area contributed by atoms with E-state index in [9.17, 15) is 18.0 Å². The fraction of sp³-hybridized carbons (Fsp3) is 0.200. The Morgan fingerprint density at radius 3 is 2.33 bits per heavy atom. The predicted molar refractivity (Wildman–Crippen MR) is 73.1 cm³/mol. The van der Waals surface area contributed by atoms with Gasteiger partial charge in [0.25, 0.3) is 5.91 Å². The van der Waals surface area contributed by atoms with Crippen LogP contribution in [0.1, 0.15) is 27.0 Å². The number of hydrogen-bond donors (Lipinski definition) is 1. The number of aromatic nitrogens is 1. The van der Waals surface area contributed by atoms with Crippen molar-refractivity contribution in [3.8, 4) is 0 Å². The fourth-order valence-corrected chi connectivity index (χ4v) is 2.02. The molecule has 1 N–H and O–H groups in total. The molecule has 0 radical (unpaired) electrons. The lowest BCUT2D eigenvalue weighted by atomic mass is 10.1. The van der Waals surface area contributed by atoms with Gasteiger partial charge in [-0.15, -0.1) is 0 Å². The summed E-state index contributed by atoms with van der Waals surface area (Å²) in [6, 6.07) is 6.15. The molecular formula is C15H13F3N2O. The smallest absolute Gasteiger partial charge is 0.321 e.